The van der Waals surface area contributed by atoms with E-state index in [1.54, 1.807) is 0 Å². The van der Waals surface area contributed by atoms with Crippen LogP contribution >= 0.6 is 0 Å². The second-order valence-corrected chi connectivity index (χ2v) is 13.9. The number of benzene rings is 8. The van der Waals surface area contributed by atoms with E-state index in [0.717, 1.165) is 44.4 Å². The highest BCUT2D eigenvalue weighted by Gasteiger charge is 2.37. The summed E-state index contributed by atoms with van der Waals surface area (Å²) in [7, 11) is 0. The molecule has 2 unspecified atom stereocenters. The molecule has 0 fully saturated rings. The summed E-state index contributed by atoms with van der Waals surface area (Å²) in [5.41, 5.74) is 12.6. The Hall–Kier alpha value is -6.64. The first-order chi connectivity index (χ1) is 25.8. The molecule has 0 saturated carbocycles. The Balaban J connectivity index is 1.14. The van der Waals surface area contributed by atoms with Gasteiger partial charge in [0.1, 0.15) is 23.0 Å². The second-order valence-electron chi connectivity index (χ2n) is 13.9. The molecule has 0 saturated heterocycles. The molecular weight excluding hydrogens is 633 g/mol. The topological polar surface area (TPSA) is 22.4 Å². The third-order valence-electron chi connectivity index (χ3n) is 11.0. The van der Waals surface area contributed by atoms with Gasteiger partial charge in [0, 0.05) is 27.8 Å². The number of fused-ring (bicyclic) bond motifs is 8. The number of hydrogen-bond donors (Lipinski definition) is 0. The van der Waals surface area contributed by atoms with Crippen LogP contribution in [0.25, 0.3) is 88.0 Å². The Morgan fingerprint density at radius 3 is 1.69 bits per heavy atom. The summed E-state index contributed by atoms with van der Waals surface area (Å²) in [6, 6.07) is 56.8. The zero-order valence-corrected chi connectivity index (χ0v) is 28.3. The predicted molar refractivity (Wildman–Crippen MR) is 216 cm³/mol. The Morgan fingerprint density at radius 1 is 0.385 bits per heavy atom. The molecule has 9 aromatic rings. The van der Waals surface area contributed by atoms with E-state index < -0.39 is 0 Å². The normalized spacial score (nSPS) is 16.1. The van der Waals surface area contributed by atoms with Gasteiger partial charge in [-0.15, -0.1) is 0 Å². The van der Waals surface area contributed by atoms with Crippen molar-refractivity contribution in [2.24, 2.45) is 0 Å². The lowest BCUT2D eigenvalue weighted by Gasteiger charge is -2.21. The van der Waals surface area contributed by atoms with Gasteiger partial charge in [0.15, 0.2) is 0 Å². The molecule has 0 spiro atoms. The number of allylic oxidation sites excluding steroid dienone is 2. The van der Waals surface area contributed by atoms with E-state index in [9.17, 15) is 0 Å². The van der Waals surface area contributed by atoms with Crippen molar-refractivity contribution in [1.82, 2.24) is 0 Å². The lowest BCUT2D eigenvalue weighted by Crippen LogP contribution is -2.15. The van der Waals surface area contributed by atoms with Crippen LogP contribution in [-0.4, -0.2) is 6.10 Å². The van der Waals surface area contributed by atoms with E-state index in [1.165, 1.54) is 54.9 Å². The molecule has 2 atom stereocenters. The van der Waals surface area contributed by atoms with Crippen LogP contribution in [0.2, 0.25) is 0 Å². The van der Waals surface area contributed by atoms with Gasteiger partial charge in [-0.2, -0.15) is 0 Å². The summed E-state index contributed by atoms with van der Waals surface area (Å²) in [6.45, 7) is 0. The molecule has 2 aliphatic rings. The lowest BCUT2D eigenvalue weighted by molar-refractivity contribution is 0.270. The average molecular weight is 665 g/mol. The highest BCUT2D eigenvalue weighted by molar-refractivity contribution is 6.22. The molecule has 0 amide bonds. The van der Waals surface area contributed by atoms with Crippen molar-refractivity contribution in [2.45, 2.75) is 12.0 Å². The fourth-order valence-corrected chi connectivity index (χ4v) is 8.68. The molecule has 1 aliphatic heterocycles. The molecular formula is C50H32O2. The van der Waals surface area contributed by atoms with E-state index in [2.05, 4.69) is 170 Å². The van der Waals surface area contributed by atoms with Gasteiger partial charge in [-0.05, 0) is 84.8 Å². The summed E-state index contributed by atoms with van der Waals surface area (Å²) >= 11 is 0. The molecule has 1 aromatic heterocycles. The Labute approximate surface area is 301 Å². The summed E-state index contributed by atoms with van der Waals surface area (Å²) in [5.74, 6) is 1.09. The maximum atomic E-state index is 6.91. The first-order valence-corrected chi connectivity index (χ1v) is 18.0. The Kier molecular flexibility index (Phi) is 6.41. The van der Waals surface area contributed by atoms with Crippen LogP contribution in [0, 0.1) is 0 Å². The molecule has 1 aliphatic carbocycles. The van der Waals surface area contributed by atoms with Crippen LogP contribution in [0.15, 0.2) is 186 Å². The van der Waals surface area contributed by atoms with Crippen molar-refractivity contribution in [3.63, 3.8) is 0 Å². The van der Waals surface area contributed by atoms with Crippen molar-refractivity contribution < 1.29 is 9.15 Å². The van der Waals surface area contributed by atoms with Crippen LogP contribution in [0.5, 0.6) is 5.75 Å². The molecule has 52 heavy (non-hydrogen) atoms. The van der Waals surface area contributed by atoms with Crippen LogP contribution < -0.4 is 4.74 Å². The van der Waals surface area contributed by atoms with Crippen molar-refractivity contribution >= 4 is 43.5 Å². The molecule has 2 heterocycles. The number of furan rings is 1. The van der Waals surface area contributed by atoms with Crippen LogP contribution in [0.1, 0.15) is 11.5 Å². The molecule has 0 N–H and O–H groups in total. The largest absolute Gasteiger partial charge is 0.484 e. The number of para-hydroxylation sites is 1. The summed E-state index contributed by atoms with van der Waals surface area (Å²) in [6.07, 6.45) is 8.74. The van der Waals surface area contributed by atoms with E-state index in [4.69, 9.17) is 9.15 Å². The molecule has 244 valence electrons. The van der Waals surface area contributed by atoms with E-state index >= 15 is 0 Å². The molecule has 0 radical (unpaired) electrons. The van der Waals surface area contributed by atoms with Crippen molar-refractivity contribution in [3.05, 3.63) is 188 Å². The molecule has 0 bridgehead atoms. The van der Waals surface area contributed by atoms with Gasteiger partial charge in [0.2, 0.25) is 0 Å². The highest BCUT2D eigenvalue weighted by atomic mass is 16.5. The standard InChI is InChI=1S/C50H32O2/c1-2-12-31(13-3-1)32-22-24-33(25-23-32)35-28-29-43(49-42-19-9-11-21-45(42)52-50(35)49)48-40-17-6-4-15-38(40)47(39-16-5-7-18-41(39)48)34-26-27-37-36-14-8-10-20-44(36)51-46(37)30-34/h1-30,42,45H. The zero-order chi connectivity index (χ0) is 34.2. The van der Waals surface area contributed by atoms with Crippen molar-refractivity contribution in [1.29, 1.82) is 0 Å². The number of hydrogen-bond acceptors (Lipinski definition) is 2. The fourth-order valence-electron chi connectivity index (χ4n) is 8.68. The summed E-state index contributed by atoms with van der Waals surface area (Å²) in [4.78, 5) is 0. The van der Waals surface area contributed by atoms with Gasteiger partial charge in [0.25, 0.3) is 0 Å². The quantitative estimate of drug-likeness (QED) is 0.175. The second kappa shape index (κ2) is 11.4. The first kappa shape index (κ1) is 29.1. The number of rotatable bonds is 4. The summed E-state index contributed by atoms with van der Waals surface area (Å²) < 4.78 is 13.3. The predicted octanol–water partition coefficient (Wildman–Crippen LogP) is 13.5. The zero-order valence-electron chi connectivity index (χ0n) is 28.3. The van der Waals surface area contributed by atoms with E-state index in [0.29, 0.717) is 0 Å². The van der Waals surface area contributed by atoms with Gasteiger partial charge in [0.05, 0.1) is 0 Å². The molecule has 2 heteroatoms. The first-order valence-electron chi connectivity index (χ1n) is 18.0. The SMILES string of the molecule is C1=CC2Oc3c(-c4ccc(-c5ccccc5)cc4)ccc(-c4c5ccccc5c(-c5ccc6c(c5)oc5ccccc56)c5ccccc45)c3C2C=C1. The molecule has 11 rings (SSSR count). The summed E-state index contributed by atoms with van der Waals surface area (Å²) in [5, 5.41) is 7.17. The monoisotopic (exact) mass is 664 g/mol. The van der Waals surface area contributed by atoms with Gasteiger partial charge in [-0.1, -0.05) is 158 Å². The third kappa shape index (κ3) is 4.37. The highest BCUT2D eigenvalue weighted by Crippen LogP contribution is 2.54. The minimum atomic E-state index is -0.0455. The van der Waals surface area contributed by atoms with Crippen LogP contribution in [-0.2, 0) is 0 Å². The lowest BCUT2D eigenvalue weighted by atomic mass is 9.80. The number of ether oxygens (including phenoxy) is 1. The van der Waals surface area contributed by atoms with E-state index in [1.807, 2.05) is 12.1 Å². The van der Waals surface area contributed by atoms with Crippen molar-refractivity contribution in [2.75, 3.05) is 0 Å². The van der Waals surface area contributed by atoms with Crippen molar-refractivity contribution in [3.8, 4) is 50.3 Å². The Morgan fingerprint density at radius 2 is 0.942 bits per heavy atom. The molecule has 2 nitrogen and oxygen atoms in total. The minimum Gasteiger partial charge on any atom is -0.484 e. The van der Waals surface area contributed by atoms with Gasteiger partial charge >= 0.3 is 0 Å². The average Bonchev–Trinajstić information content (AvgIpc) is 3.79. The Bertz CT molecular complexity index is 2870. The van der Waals surface area contributed by atoms with Gasteiger partial charge in [-0.25, -0.2) is 0 Å². The van der Waals surface area contributed by atoms with Crippen LogP contribution in [0.3, 0.4) is 0 Å². The smallest absolute Gasteiger partial charge is 0.136 e. The maximum Gasteiger partial charge on any atom is 0.136 e. The minimum absolute atomic E-state index is 0.0455. The van der Waals surface area contributed by atoms with Gasteiger partial charge in [-0.3, -0.25) is 0 Å². The van der Waals surface area contributed by atoms with E-state index in [-0.39, 0.29) is 12.0 Å². The van der Waals surface area contributed by atoms with Crippen LogP contribution in [0.4, 0.5) is 0 Å². The maximum absolute atomic E-state index is 6.91. The van der Waals surface area contributed by atoms with Gasteiger partial charge < -0.3 is 9.15 Å². The third-order valence-corrected chi connectivity index (χ3v) is 11.0. The fraction of sp³-hybridized carbons (Fsp3) is 0.0400. The molecule has 8 aromatic carbocycles.